The summed E-state index contributed by atoms with van der Waals surface area (Å²) in [5.74, 6) is -1.22. The Bertz CT molecular complexity index is 544. The Balaban J connectivity index is 2.63. The number of sulfonamides is 1. The maximum absolute atomic E-state index is 11.8. The van der Waals surface area contributed by atoms with Crippen LogP contribution in [0.1, 0.15) is 31.4 Å². The van der Waals surface area contributed by atoms with Crippen LogP contribution < -0.4 is 4.72 Å². The molecule has 106 valence electrons. The topological polar surface area (TPSA) is 83.5 Å². The van der Waals surface area contributed by atoms with E-state index in [1.54, 1.807) is 31.2 Å². The molecule has 0 saturated heterocycles. The number of nitrogens with one attached hydrogen (secondary N) is 1. The summed E-state index contributed by atoms with van der Waals surface area (Å²) in [5.41, 5.74) is 0.686. The van der Waals surface area contributed by atoms with Crippen molar-refractivity contribution in [3.8, 4) is 0 Å². The molecule has 1 atom stereocenters. The van der Waals surface area contributed by atoms with E-state index in [0.29, 0.717) is 10.6 Å². The molecule has 2 N–H and O–H groups in total. The zero-order chi connectivity index (χ0) is 14.5. The summed E-state index contributed by atoms with van der Waals surface area (Å²) in [6.45, 7) is 1.69. The van der Waals surface area contributed by atoms with Gasteiger partial charge in [-0.3, -0.25) is 4.79 Å². The van der Waals surface area contributed by atoms with Gasteiger partial charge in [0.2, 0.25) is 10.0 Å². The van der Waals surface area contributed by atoms with Crippen molar-refractivity contribution < 1.29 is 18.3 Å². The first-order valence-corrected chi connectivity index (χ1v) is 7.81. The van der Waals surface area contributed by atoms with Crippen molar-refractivity contribution in [3.63, 3.8) is 0 Å². The molecule has 19 heavy (non-hydrogen) atoms. The number of halogens is 1. The summed E-state index contributed by atoms with van der Waals surface area (Å²) in [4.78, 5) is 10.3. The van der Waals surface area contributed by atoms with E-state index in [-0.39, 0.29) is 18.6 Å². The number of benzene rings is 1. The van der Waals surface area contributed by atoms with Crippen molar-refractivity contribution in [1.82, 2.24) is 4.72 Å². The normalized spacial score (nSPS) is 13.2. The second-order valence-corrected chi connectivity index (χ2v) is 6.46. The first-order valence-electron chi connectivity index (χ1n) is 5.78. The molecule has 0 radical (unpaired) electrons. The van der Waals surface area contributed by atoms with E-state index in [2.05, 4.69) is 4.72 Å². The Morgan fingerprint density at radius 3 is 2.63 bits per heavy atom. The van der Waals surface area contributed by atoms with E-state index in [1.807, 2.05) is 0 Å². The molecular weight excluding hydrogens is 290 g/mol. The minimum absolute atomic E-state index is 0.0832. The predicted octanol–water partition coefficient (Wildman–Crippen LogP) is 2.19. The molecule has 0 fully saturated rings. The fourth-order valence-corrected chi connectivity index (χ4v) is 3.24. The molecule has 0 aliphatic rings. The number of hydrogen-bond acceptors (Lipinski definition) is 3. The van der Waals surface area contributed by atoms with Crippen molar-refractivity contribution in [2.45, 2.75) is 25.8 Å². The van der Waals surface area contributed by atoms with Crippen LogP contribution in [0.4, 0.5) is 0 Å². The maximum Gasteiger partial charge on any atom is 0.303 e. The third-order valence-corrected chi connectivity index (χ3v) is 4.41. The van der Waals surface area contributed by atoms with Crippen LogP contribution in [0.15, 0.2) is 24.3 Å². The van der Waals surface area contributed by atoms with Crippen LogP contribution in [0.3, 0.4) is 0 Å². The summed E-state index contributed by atoms with van der Waals surface area (Å²) >= 11 is 5.98. The quantitative estimate of drug-likeness (QED) is 0.809. The minimum Gasteiger partial charge on any atom is -0.481 e. The van der Waals surface area contributed by atoms with E-state index in [0.717, 1.165) is 0 Å². The Hall–Kier alpha value is -1.11. The van der Waals surface area contributed by atoms with Crippen LogP contribution in [-0.2, 0) is 14.8 Å². The van der Waals surface area contributed by atoms with E-state index < -0.39 is 22.0 Å². The lowest BCUT2D eigenvalue weighted by molar-refractivity contribution is -0.137. The van der Waals surface area contributed by atoms with Gasteiger partial charge in [0.15, 0.2) is 0 Å². The molecule has 0 spiro atoms. The van der Waals surface area contributed by atoms with E-state index in [9.17, 15) is 13.2 Å². The van der Waals surface area contributed by atoms with Crippen molar-refractivity contribution in [1.29, 1.82) is 0 Å². The fourth-order valence-electron chi connectivity index (χ4n) is 1.63. The van der Waals surface area contributed by atoms with Gasteiger partial charge in [-0.2, -0.15) is 0 Å². The van der Waals surface area contributed by atoms with Gasteiger partial charge in [0, 0.05) is 17.5 Å². The molecule has 1 unspecified atom stereocenters. The monoisotopic (exact) mass is 305 g/mol. The summed E-state index contributed by atoms with van der Waals surface area (Å²) < 4.78 is 26.0. The summed E-state index contributed by atoms with van der Waals surface area (Å²) in [5, 5.41) is 8.96. The average molecular weight is 306 g/mol. The van der Waals surface area contributed by atoms with Gasteiger partial charge in [-0.05, 0) is 25.0 Å². The van der Waals surface area contributed by atoms with Crippen LogP contribution in [0.2, 0.25) is 5.02 Å². The van der Waals surface area contributed by atoms with E-state index in [1.165, 1.54) is 0 Å². The summed E-state index contributed by atoms with van der Waals surface area (Å²) in [6.07, 6.45) is -0.0821. The second-order valence-electron chi connectivity index (χ2n) is 4.18. The van der Waals surface area contributed by atoms with Gasteiger partial charge >= 0.3 is 5.97 Å². The molecule has 0 heterocycles. The molecule has 0 aromatic heterocycles. The molecule has 1 aromatic carbocycles. The molecular formula is C12H16ClNO4S. The van der Waals surface area contributed by atoms with Gasteiger partial charge in [0.25, 0.3) is 0 Å². The molecule has 1 rings (SSSR count). The van der Waals surface area contributed by atoms with Gasteiger partial charge in [-0.15, -0.1) is 0 Å². The number of carbonyl (C=O) groups is 1. The average Bonchev–Trinajstić information content (AvgIpc) is 2.27. The highest BCUT2D eigenvalue weighted by molar-refractivity contribution is 7.89. The smallest absolute Gasteiger partial charge is 0.303 e. The molecule has 0 saturated carbocycles. The molecule has 0 amide bonds. The number of carboxylic acids is 1. The lowest BCUT2D eigenvalue weighted by Crippen LogP contribution is -2.29. The van der Waals surface area contributed by atoms with Crippen LogP contribution in [0.5, 0.6) is 0 Å². The van der Waals surface area contributed by atoms with E-state index in [4.69, 9.17) is 16.7 Å². The van der Waals surface area contributed by atoms with Gasteiger partial charge in [-0.25, -0.2) is 13.1 Å². The third kappa shape index (κ3) is 5.59. The van der Waals surface area contributed by atoms with Crippen molar-refractivity contribution in [2.24, 2.45) is 0 Å². The highest BCUT2D eigenvalue weighted by Crippen LogP contribution is 2.22. The summed E-state index contributed by atoms with van der Waals surface area (Å²) in [7, 11) is -3.51. The molecule has 5 nitrogen and oxygen atoms in total. The molecule has 0 bridgehead atoms. The number of hydrogen-bond donors (Lipinski definition) is 2. The SMILES string of the molecule is CC(NS(=O)(=O)CCCC(=O)O)c1ccccc1Cl. The van der Waals surface area contributed by atoms with Crippen LogP contribution in [0.25, 0.3) is 0 Å². The zero-order valence-corrected chi connectivity index (χ0v) is 12.0. The largest absolute Gasteiger partial charge is 0.481 e. The Morgan fingerprint density at radius 1 is 1.42 bits per heavy atom. The molecule has 1 aromatic rings. The fraction of sp³-hybridized carbons (Fsp3) is 0.417. The van der Waals surface area contributed by atoms with Crippen molar-refractivity contribution in [3.05, 3.63) is 34.9 Å². The standard InChI is InChI=1S/C12H16ClNO4S/c1-9(10-5-2-3-6-11(10)13)14-19(17,18)8-4-7-12(15)16/h2-3,5-6,9,14H,4,7-8H2,1H3,(H,15,16). The Kier molecular flexibility index (Phi) is 5.78. The first kappa shape index (κ1) is 15.9. The second kappa shape index (κ2) is 6.88. The van der Waals surface area contributed by atoms with Crippen LogP contribution in [-0.4, -0.2) is 25.2 Å². The maximum atomic E-state index is 11.8. The number of rotatable bonds is 7. The lowest BCUT2D eigenvalue weighted by Gasteiger charge is -2.15. The van der Waals surface area contributed by atoms with Crippen LogP contribution >= 0.6 is 11.6 Å². The van der Waals surface area contributed by atoms with E-state index >= 15 is 0 Å². The zero-order valence-electron chi connectivity index (χ0n) is 10.5. The lowest BCUT2D eigenvalue weighted by atomic mass is 10.1. The van der Waals surface area contributed by atoms with Gasteiger partial charge in [0.1, 0.15) is 0 Å². The molecule has 7 heteroatoms. The highest BCUT2D eigenvalue weighted by atomic mass is 35.5. The highest BCUT2D eigenvalue weighted by Gasteiger charge is 2.17. The number of aliphatic carboxylic acids is 1. The number of carboxylic acid groups (broad SMARTS) is 1. The molecule has 0 aliphatic heterocycles. The van der Waals surface area contributed by atoms with Gasteiger partial charge < -0.3 is 5.11 Å². The third-order valence-electron chi connectivity index (χ3n) is 2.53. The van der Waals surface area contributed by atoms with Crippen molar-refractivity contribution >= 4 is 27.6 Å². The summed E-state index contributed by atoms with van der Waals surface area (Å²) in [6, 6.07) is 6.51. The Labute approximate surface area is 117 Å². The van der Waals surface area contributed by atoms with Crippen LogP contribution in [0, 0.1) is 0 Å². The Morgan fingerprint density at radius 2 is 2.05 bits per heavy atom. The minimum atomic E-state index is -3.51. The first-order chi connectivity index (χ1) is 8.82. The predicted molar refractivity (Wildman–Crippen MR) is 73.7 cm³/mol. The van der Waals surface area contributed by atoms with Crippen molar-refractivity contribution in [2.75, 3.05) is 5.75 Å². The molecule has 0 aliphatic carbocycles. The van der Waals surface area contributed by atoms with Gasteiger partial charge in [-0.1, -0.05) is 29.8 Å². The van der Waals surface area contributed by atoms with Gasteiger partial charge in [0.05, 0.1) is 5.75 Å².